The number of para-hydroxylation sites is 1. The van der Waals surface area contributed by atoms with E-state index >= 15 is 0 Å². The van der Waals surface area contributed by atoms with E-state index in [0.717, 1.165) is 17.9 Å². The molecule has 1 heterocycles. The molecular formula is C14H15N3O2. The summed E-state index contributed by atoms with van der Waals surface area (Å²) in [5.74, 6) is 6.91. The number of aryl methyl sites for hydroxylation is 1. The molecule has 0 bridgehead atoms. The van der Waals surface area contributed by atoms with Gasteiger partial charge in [0, 0.05) is 6.54 Å². The van der Waals surface area contributed by atoms with Crippen molar-refractivity contribution in [1.29, 1.82) is 0 Å². The lowest BCUT2D eigenvalue weighted by Crippen LogP contribution is -2.07. The van der Waals surface area contributed by atoms with E-state index in [2.05, 4.69) is 21.9 Å². The molecular weight excluding hydrogens is 242 g/mol. The molecule has 0 radical (unpaired) electrons. The van der Waals surface area contributed by atoms with Gasteiger partial charge in [0.2, 0.25) is 0 Å². The molecule has 5 heteroatoms. The van der Waals surface area contributed by atoms with Crippen molar-refractivity contribution in [2.24, 2.45) is 0 Å². The van der Waals surface area contributed by atoms with Crippen LogP contribution in [0.5, 0.6) is 5.75 Å². The highest BCUT2D eigenvalue weighted by atomic mass is 16.5. The van der Waals surface area contributed by atoms with Crippen LogP contribution in [0.25, 0.3) is 0 Å². The van der Waals surface area contributed by atoms with Gasteiger partial charge in [-0.05, 0) is 19.1 Å². The molecule has 1 aromatic heterocycles. The normalized spacial score (nSPS) is 9.79. The van der Waals surface area contributed by atoms with Crippen LogP contribution in [0, 0.1) is 11.8 Å². The summed E-state index contributed by atoms with van der Waals surface area (Å²) in [7, 11) is 0. The van der Waals surface area contributed by atoms with Crippen LogP contribution in [0.2, 0.25) is 0 Å². The number of aliphatic hydroxyl groups is 1. The largest absolute Gasteiger partial charge is 0.484 e. The van der Waals surface area contributed by atoms with Gasteiger partial charge in [0.25, 0.3) is 0 Å². The van der Waals surface area contributed by atoms with Gasteiger partial charge in [0.15, 0.2) is 5.82 Å². The van der Waals surface area contributed by atoms with Crippen molar-refractivity contribution < 1.29 is 9.84 Å². The maximum Gasteiger partial charge on any atom is 0.164 e. The first-order chi connectivity index (χ1) is 9.35. The average molecular weight is 257 g/mol. The Labute approximate surface area is 111 Å². The van der Waals surface area contributed by atoms with Crippen LogP contribution in [0.4, 0.5) is 0 Å². The molecule has 5 nitrogen and oxygen atoms in total. The first-order valence-corrected chi connectivity index (χ1v) is 6.03. The number of hydrogen-bond donors (Lipinski definition) is 1. The molecule has 0 saturated carbocycles. The number of hydrogen-bond acceptors (Lipinski definition) is 4. The number of nitrogens with zero attached hydrogens (tertiary/aromatic N) is 3. The monoisotopic (exact) mass is 257 g/mol. The van der Waals surface area contributed by atoms with E-state index in [-0.39, 0.29) is 6.61 Å². The van der Waals surface area contributed by atoms with Crippen LogP contribution in [0.3, 0.4) is 0 Å². The Balaban J connectivity index is 2.11. The van der Waals surface area contributed by atoms with Crippen LogP contribution in [0.1, 0.15) is 18.3 Å². The van der Waals surface area contributed by atoms with Crippen molar-refractivity contribution in [3.63, 3.8) is 0 Å². The summed E-state index contributed by atoms with van der Waals surface area (Å²) < 4.78 is 7.49. The van der Waals surface area contributed by atoms with Crippen LogP contribution in [-0.4, -0.2) is 26.5 Å². The van der Waals surface area contributed by atoms with Gasteiger partial charge in [-0.2, -0.15) is 5.10 Å². The standard InChI is InChI=1S/C14H15N3O2/c1-2-17-14(15-11-16-17)10-19-13-8-4-3-6-12(13)7-5-9-18/h3-4,6,8,11,18H,2,9-10H2,1H3. The van der Waals surface area contributed by atoms with Gasteiger partial charge < -0.3 is 9.84 Å². The van der Waals surface area contributed by atoms with Gasteiger partial charge >= 0.3 is 0 Å². The van der Waals surface area contributed by atoms with Gasteiger partial charge in [-0.1, -0.05) is 24.0 Å². The van der Waals surface area contributed by atoms with E-state index in [1.807, 2.05) is 31.2 Å². The molecule has 0 unspecified atom stereocenters. The number of ether oxygens (including phenoxy) is 1. The summed E-state index contributed by atoms with van der Waals surface area (Å²) in [6, 6.07) is 7.45. The lowest BCUT2D eigenvalue weighted by Gasteiger charge is -2.08. The summed E-state index contributed by atoms with van der Waals surface area (Å²) in [5, 5.41) is 12.8. The molecule has 0 amide bonds. The fourth-order valence-corrected chi connectivity index (χ4v) is 1.64. The molecule has 2 aromatic rings. The second-order valence-electron chi connectivity index (χ2n) is 3.74. The third-order valence-electron chi connectivity index (χ3n) is 2.54. The van der Waals surface area contributed by atoms with Crippen LogP contribution >= 0.6 is 0 Å². The fraction of sp³-hybridized carbons (Fsp3) is 0.286. The predicted octanol–water partition coefficient (Wildman–Crippen LogP) is 1.22. The number of rotatable bonds is 4. The van der Waals surface area contributed by atoms with Gasteiger partial charge in [-0.15, -0.1) is 0 Å². The van der Waals surface area contributed by atoms with E-state index in [1.54, 1.807) is 4.68 Å². The quantitative estimate of drug-likeness (QED) is 0.837. The Morgan fingerprint density at radius 2 is 2.21 bits per heavy atom. The zero-order valence-corrected chi connectivity index (χ0v) is 10.7. The van der Waals surface area contributed by atoms with E-state index in [1.165, 1.54) is 6.33 Å². The Morgan fingerprint density at radius 1 is 1.37 bits per heavy atom. The summed E-state index contributed by atoms with van der Waals surface area (Å²) in [6.07, 6.45) is 1.51. The van der Waals surface area contributed by atoms with Crippen LogP contribution in [0.15, 0.2) is 30.6 Å². The molecule has 0 atom stereocenters. The number of benzene rings is 1. The van der Waals surface area contributed by atoms with E-state index in [0.29, 0.717) is 12.4 Å². The number of aromatic nitrogens is 3. The first kappa shape index (κ1) is 13.1. The van der Waals surface area contributed by atoms with Crippen molar-refractivity contribution in [3.05, 3.63) is 42.0 Å². The maximum atomic E-state index is 8.73. The number of aliphatic hydroxyl groups excluding tert-OH is 1. The second-order valence-corrected chi connectivity index (χ2v) is 3.74. The highest BCUT2D eigenvalue weighted by Crippen LogP contribution is 2.17. The molecule has 0 fully saturated rings. The summed E-state index contributed by atoms with van der Waals surface area (Å²) in [5.41, 5.74) is 0.749. The van der Waals surface area contributed by atoms with Crippen molar-refractivity contribution in [3.8, 4) is 17.6 Å². The third-order valence-corrected chi connectivity index (χ3v) is 2.54. The minimum Gasteiger partial charge on any atom is -0.484 e. The molecule has 0 saturated heterocycles. The molecule has 98 valence electrons. The lowest BCUT2D eigenvalue weighted by atomic mass is 10.2. The highest BCUT2D eigenvalue weighted by molar-refractivity contribution is 5.45. The van der Waals surface area contributed by atoms with Gasteiger partial charge in [-0.25, -0.2) is 9.67 Å². The first-order valence-electron chi connectivity index (χ1n) is 6.03. The fourth-order valence-electron chi connectivity index (χ4n) is 1.64. The molecule has 1 aromatic carbocycles. The lowest BCUT2D eigenvalue weighted by molar-refractivity contribution is 0.286. The smallest absolute Gasteiger partial charge is 0.164 e. The molecule has 0 spiro atoms. The Bertz CT molecular complexity index is 596. The topological polar surface area (TPSA) is 60.2 Å². The van der Waals surface area contributed by atoms with Crippen LogP contribution < -0.4 is 4.74 Å². The molecule has 2 rings (SSSR count). The average Bonchev–Trinajstić information content (AvgIpc) is 2.91. The Morgan fingerprint density at radius 3 is 3.00 bits per heavy atom. The zero-order chi connectivity index (χ0) is 13.5. The SMILES string of the molecule is CCn1ncnc1COc1ccccc1C#CCO. The summed E-state index contributed by atoms with van der Waals surface area (Å²) in [4.78, 5) is 4.14. The summed E-state index contributed by atoms with van der Waals surface area (Å²) in [6.45, 7) is 2.92. The van der Waals surface area contributed by atoms with Crippen molar-refractivity contribution in [2.75, 3.05) is 6.61 Å². The van der Waals surface area contributed by atoms with Crippen molar-refractivity contribution >= 4 is 0 Å². The minimum atomic E-state index is -0.168. The second kappa shape index (κ2) is 6.57. The Kier molecular flexibility index (Phi) is 4.54. The van der Waals surface area contributed by atoms with E-state index in [9.17, 15) is 0 Å². The minimum absolute atomic E-state index is 0.168. The molecule has 0 aliphatic carbocycles. The molecule has 1 N–H and O–H groups in total. The van der Waals surface area contributed by atoms with Crippen LogP contribution in [-0.2, 0) is 13.2 Å². The van der Waals surface area contributed by atoms with Gasteiger partial charge in [0.1, 0.15) is 25.3 Å². The maximum absolute atomic E-state index is 8.73. The van der Waals surface area contributed by atoms with E-state index in [4.69, 9.17) is 9.84 Å². The van der Waals surface area contributed by atoms with Crippen molar-refractivity contribution in [2.45, 2.75) is 20.1 Å². The highest BCUT2D eigenvalue weighted by Gasteiger charge is 2.05. The Hall–Kier alpha value is -2.32. The molecule has 19 heavy (non-hydrogen) atoms. The third kappa shape index (κ3) is 3.33. The van der Waals surface area contributed by atoms with Crippen molar-refractivity contribution in [1.82, 2.24) is 14.8 Å². The van der Waals surface area contributed by atoms with Gasteiger partial charge in [0.05, 0.1) is 5.56 Å². The zero-order valence-electron chi connectivity index (χ0n) is 10.7. The molecule has 0 aliphatic heterocycles. The van der Waals surface area contributed by atoms with Gasteiger partial charge in [-0.3, -0.25) is 0 Å². The van der Waals surface area contributed by atoms with E-state index < -0.39 is 0 Å². The molecule has 0 aliphatic rings. The predicted molar refractivity (Wildman–Crippen MR) is 70.4 cm³/mol. The summed E-state index contributed by atoms with van der Waals surface area (Å²) >= 11 is 0.